The molecular formula is C19H20N2O4. The maximum absolute atomic E-state index is 12.9. The Hall–Kier alpha value is -2.37. The number of rotatable bonds is 1. The van der Waals surface area contributed by atoms with E-state index in [2.05, 4.69) is 5.32 Å². The van der Waals surface area contributed by atoms with Crippen molar-refractivity contribution in [1.29, 1.82) is 0 Å². The molecule has 1 saturated heterocycles. The summed E-state index contributed by atoms with van der Waals surface area (Å²) >= 11 is 0. The molecule has 0 bridgehead atoms. The number of carbonyl (C=O) groups is 3. The summed E-state index contributed by atoms with van der Waals surface area (Å²) in [6, 6.07) is 7.37. The van der Waals surface area contributed by atoms with Crippen LogP contribution in [-0.4, -0.2) is 47.7 Å². The molecule has 4 aliphatic rings. The number of nitrogens with zero attached hydrogens (tertiary/aromatic N) is 1. The highest BCUT2D eigenvalue weighted by Crippen LogP contribution is 2.66. The smallest absolute Gasteiger partial charge is 0.239 e. The topological polar surface area (TPSA) is 75.7 Å². The highest BCUT2D eigenvalue weighted by atomic mass is 16.5. The average Bonchev–Trinajstić information content (AvgIpc) is 3.25. The second-order valence-corrected chi connectivity index (χ2v) is 7.63. The van der Waals surface area contributed by atoms with Crippen LogP contribution in [0.4, 0.5) is 0 Å². The van der Waals surface area contributed by atoms with Gasteiger partial charge < -0.3 is 15.0 Å². The van der Waals surface area contributed by atoms with Crippen molar-refractivity contribution in [3.05, 3.63) is 29.8 Å². The molecule has 6 nitrogen and oxygen atoms in total. The molecule has 0 aromatic heterocycles. The number of carbonyl (C=O) groups excluding carboxylic acids is 3. The lowest BCUT2D eigenvalue weighted by Crippen LogP contribution is -2.51. The van der Waals surface area contributed by atoms with Crippen LogP contribution >= 0.6 is 0 Å². The van der Waals surface area contributed by atoms with E-state index >= 15 is 0 Å². The quantitative estimate of drug-likeness (QED) is 0.828. The van der Waals surface area contributed by atoms with E-state index in [0.717, 1.165) is 12.8 Å². The molecular weight excluding hydrogens is 320 g/mol. The van der Waals surface area contributed by atoms with Crippen molar-refractivity contribution in [3.8, 4) is 5.75 Å². The molecule has 3 fully saturated rings. The van der Waals surface area contributed by atoms with Crippen molar-refractivity contribution >= 4 is 17.6 Å². The minimum absolute atomic E-state index is 0.0545. The fourth-order valence-corrected chi connectivity index (χ4v) is 5.14. The standard InChI is InChI=1S/C19H20N2O4/c22-13-9-19(25-14-4-2-1-3-11(13)14)6-5-12-16(17(12)19)18(24)21-8-7-20-15(23)10-21/h1-4,12,16-17H,5-10H2,(H,20,23)/t12-,16+,17+,19+/m0/s1. The van der Waals surface area contributed by atoms with Gasteiger partial charge in [-0.15, -0.1) is 0 Å². The molecule has 0 radical (unpaired) electrons. The van der Waals surface area contributed by atoms with Crippen LogP contribution in [0.5, 0.6) is 5.75 Å². The highest BCUT2D eigenvalue weighted by Gasteiger charge is 2.71. The first-order valence-corrected chi connectivity index (χ1v) is 8.96. The zero-order chi connectivity index (χ0) is 17.2. The number of amides is 2. The molecule has 2 heterocycles. The molecule has 6 heteroatoms. The highest BCUT2D eigenvalue weighted by molar-refractivity contribution is 6.00. The third-order valence-electron chi connectivity index (χ3n) is 6.27. The van der Waals surface area contributed by atoms with Gasteiger partial charge in [0.15, 0.2) is 5.78 Å². The van der Waals surface area contributed by atoms with Crippen molar-refractivity contribution in [2.45, 2.75) is 24.9 Å². The summed E-state index contributed by atoms with van der Waals surface area (Å²) in [4.78, 5) is 38.7. The number of fused-ring (bicyclic) bond motifs is 3. The molecule has 1 spiro atoms. The van der Waals surface area contributed by atoms with E-state index < -0.39 is 5.60 Å². The first kappa shape index (κ1) is 14.9. The van der Waals surface area contributed by atoms with Gasteiger partial charge in [0.25, 0.3) is 0 Å². The number of hydrogen-bond donors (Lipinski definition) is 1. The SMILES string of the molecule is O=C1CN(C(=O)[C@@H]2[C@@H]3CC[C@@]4(CC(=O)c5ccccc5O4)[C@H]32)CCN1. The van der Waals surface area contributed by atoms with E-state index in [9.17, 15) is 14.4 Å². The third kappa shape index (κ3) is 2.12. The number of ketones is 1. The second kappa shape index (κ2) is 5.07. The fraction of sp³-hybridized carbons (Fsp3) is 0.526. The van der Waals surface area contributed by atoms with Crippen LogP contribution in [0.1, 0.15) is 29.6 Å². The van der Waals surface area contributed by atoms with Gasteiger partial charge in [-0.1, -0.05) is 12.1 Å². The van der Waals surface area contributed by atoms with Gasteiger partial charge in [0.2, 0.25) is 11.8 Å². The molecule has 2 aliphatic heterocycles. The van der Waals surface area contributed by atoms with Crippen LogP contribution in [0.15, 0.2) is 24.3 Å². The lowest BCUT2D eigenvalue weighted by molar-refractivity contribution is -0.140. The molecule has 25 heavy (non-hydrogen) atoms. The Balaban J connectivity index is 1.39. The van der Waals surface area contributed by atoms with Gasteiger partial charge >= 0.3 is 0 Å². The van der Waals surface area contributed by atoms with E-state index in [1.807, 2.05) is 18.2 Å². The summed E-state index contributed by atoms with van der Waals surface area (Å²) in [5.74, 6) is 1.00. The summed E-state index contributed by atoms with van der Waals surface area (Å²) in [6.07, 6.45) is 2.10. The number of Topliss-reactive ketones (excluding diaryl/α,β-unsaturated/α-hetero) is 1. The molecule has 2 saturated carbocycles. The minimum Gasteiger partial charge on any atom is -0.486 e. The normalized spacial score (nSPS) is 35.7. The Kier molecular flexibility index (Phi) is 3.03. The van der Waals surface area contributed by atoms with E-state index in [1.54, 1.807) is 11.0 Å². The number of ether oxygens (including phenoxy) is 1. The van der Waals surface area contributed by atoms with Gasteiger partial charge in [-0.25, -0.2) is 0 Å². The first-order chi connectivity index (χ1) is 12.1. The molecule has 130 valence electrons. The zero-order valence-corrected chi connectivity index (χ0v) is 13.9. The second-order valence-electron chi connectivity index (χ2n) is 7.63. The van der Waals surface area contributed by atoms with Gasteiger partial charge in [0.1, 0.15) is 11.4 Å². The molecule has 2 amide bonds. The Bertz CT molecular complexity index is 791. The van der Waals surface area contributed by atoms with Crippen LogP contribution in [0.25, 0.3) is 0 Å². The molecule has 1 N–H and O–H groups in total. The van der Waals surface area contributed by atoms with Crippen LogP contribution in [-0.2, 0) is 9.59 Å². The number of benzene rings is 1. The molecule has 1 aromatic rings. The predicted molar refractivity (Wildman–Crippen MR) is 88.0 cm³/mol. The van der Waals surface area contributed by atoms with E-state index in [0.29, 0.717) is 30.8 Å². The summed E-state index contributed by atoms with van der Waals surface area (Å²) in [7, 11) is 0. The average molecular weight is 340 g/mol. The van der Waals surface area contributed by atoms with Gasteiger partial charge in [0.05, 0.1) is 18.5 Å². The molecule has 2 aliphatic carbocycles. The van der Waals surface area contributed by atoms with Crippen molar-refractivity contribution in [2.75, 3.05) is 19.6 Å². The van der Waals surface area contributed by atoms with E-state index in [1.165, 1.54) is 0 Å². The number of para-hydroxylation sites is 1. The Morgan fingerprint density at radius 1 is 1.28 bits per heavy atom. The van der Waals surface area contributed by atoms with Gasteiger partial charge in [0, 0.05) is 24.9 Å². The lowest BCUT2D eigenvalue weighted by atomic mass is 9.84. The molecule has 5 rings (SSSR count). The molecule has 4 atom stereocenters. The zero-order valence-electron chi connectivity index (χ0n) is 13.9. The Labute approximate surface area is 145 Å². The minimum atomic E-state index is -0.533. The van der Waals surface area contributed by atoms with Crippen molar-refractivity contribution in [1.82, 2.24) is 10.2 Å². The van der Waals surface area contributed by atoms with Gasteiger partial charge in [-0.2, -0.15) is 0 Å². The summed E-state index contributed by atoms with van der Waals surface area (Å²) in [6.45, 7) is 1.22. The fourth-order valence-electron chi connectivity index (χ4n) is 5.14. The van der Waals surface area contributed by atoms with Crippen LogP contribution in [0.3, 0.4) is 0 Å². The van der Waals surface area contributed by atoms with Crippen molar-refractivity contribution in [3.63, 3.8) is 0 Å². The monoisotopic (exact) mass is 340 g/mol. The first-order valence-electron chi connectivity index (χ1n) is 8.96. The van der Waals surface area contributed by atoms with Crippen molar-refractivity contribution < 1.29 is 19.1 Å². The third-order valence-corrected chi connectivity index (χ3v) is 6.27. The van der Waals surface area contributed by atoms with E-state index in [4.69, 9.17) is 4.74 Å². The maximum Gasteiger partial charge on any atom is 0.239 e. The van der Waals surface area contributed by atoms with E-state index in [-0.39, 0.29) is 41.9 Å². The maximum atomic E-state index is 12.9. The number of nitrogens with one attached hydrogen (secondary N) is 1. The number of piperazine rings is 1. The summed E-state index contributed by atoms with van der Waals surface area (Å²) in [5.41, 5.74) is 0.113. The summed E-state index contributed by atoms with van der Waals surface area (Å²) < 4.78 is 6.32. The van der Waals surface area contributed by atoms with Crippen molar-refractivity contribution in [2.24, 2.45) is 17.8 Å². The van der Waals surface area contributed by atoms with Crippen LogP contribution in [0.2, 0.25) is 0 Å². The summed E-state index contributed by atoms with van der Waals surface area (Å²) in [5, 5.41) is 2.75. The number of hydrogen-bond acceptors (Lipinski definition) is 4. The van der Waals surface area contributed by atoms with Gasteiger partial charge in [-0.05, 0) is 30.9 Å². The Morgan fingerprint density at radius 3 is 2.96 bits per heavy atom. The molecule has 1 aromatic carbocycles. The van der Waals surface area contributed by atoms with Crippen LogP contribution < -0.4 is 10.1 Å². The molecule has 0 unspecified atom stereocenters. The lowest BCUT2D eigenvalue weighted by Gasteiger charge is -2.37. The van der Waals surface area contributed by atoms with Gasteiger partial charge in [-0.3, -0.25) is 14.4 Å². The largest absolute Gasteiger partial charge is 0.486 e. The Morgan fingerprint density at radius 2 is 2.12 bits per heavy atom. The predicted octanol–water partition coefficient (Wildman–Crippen LogP) is 1.00. The van der Waals surface area contributed by atoms with Crippen LogP contribution in [0, 0.1) is 17.8 Å².